The topological polar surface area (TPSA) is 101 Å². The minimum atomic E-state index is -4.06. The summed E-state index contributed by atoms with van der Waals surface area (Å²) in [6, 6.07) is 12.1. The third-order valence-corrected chi connectivity index (χ3v) is 8.03. The number of anilines is 2. The van der Waals surface area contributed by atoms with Crippen LogP contribution in [0.5, 0.6) is 5.75 Å². The van der Waals surface area contributed by atoms with Crippen LogP contribution < -0.4 is 14.4 Å². The van der Waals surface area contributed by atoms with E-state index in [1.54, 1.807) is 18.2 Å². The van der Waals surface area contributed by atoms with Crippen LogP contribution in [0.2, 0.25) is 5.02 Å². The Morgan fingerprint density at radius 1 is 1.22 bits per heavy atom. The van der Waals surface area contributed by atoms with Gasteiger partial charge in [0.2, 0.25) is 11.0 Å². The second kappa shape index (κ2) is 10.8. The SMILES string of the molecule is C=CCSc1nnc(NC(=O)CN(c2ccc(Cl)cc2)S(=O)(=O)c2ccc(OC)cc2)s1. The van der Waals surface area contributed by atoms with Crippen LogP contribution in [0.1, 0.15) is 0 Å². The van der Waals surface area contributed by atoms with Gasteiger partial charge >= 0.3 is 0 Å². The summed E-state index contributed by atoms with van der Waals surface area (Å²) >= 11 is 8.58. The quantitative estimate of drug-likeness (QED) is 0.246. The Morgan fingerprint density at radius 2 is 1.91 bits per heavy atom. The van der Waals surface area contributed by atoms with Crippen molar-refractivity contribution in [3.63, 3.8) is 0 Å². The molecule has 32 heavy (non-hydrogen) atoms. The van der Waals surface area contributed by atoms with Crippen molar-refractivity contribution in [3.05, 3.63) is 66.2 Å². The first-order valence-electron chi connectivity index (χ1n) is 9.13. The van der Waals surface area contributed by atoms with Crippen molar-refractivity contribution >= 4 is 61.4 Å². The molecule has 1 amide bonds. The molecule has 0 aliphatic carbocycles. The zero-order valence-electron chi connectivity index (χ0n) is 16.9. The molecule has 0 saturated heterocycles. The Kier molecular flexibility index (Phi) is 8.13. The van der Waals surface area contributed by atoms with Gasteiger partial charge in [-0.15, -0.1) is 16.8 Å². The van der Waals surface area contributed by atoms with Crippen LogP contribution in [0.3, 0.4) is 0 Å². The first-order valence-corrected chi connectivity index (χ1v) is 12.7. The Morgan fingerprint density at radius 3 is 2.53 bits per heavy atom. The number of halogens is 1. The number of nitrogens with zero attached hydrogens (tertiary/aromatic N) is 3. The van der Waals surface area contributed by atoms with Gasteiger partial charge in [-0.2, -0.15) is 0 Å². The number of carbonyl (C=O) groups excluding carboxylic acids is 1. The van der Waals surface area contributed by atoms with E-state index in [4.69, 9.17) is 16.3 Å². The average molecular weight is 511 g/mol. The van der Waals surface area contributed by atoms with Crippen molar-refractivity contribution in [1.82, 2.24) is 10.2 Å². The summed E-state index contributed by atoms with van der Waals surface area (Å²) in [6.07, 6.45) is 1.73. The van der Waals surface area contributed by atoms with Crippen LogP contribution in [-0.2, 0) is 14.8 Å². The standard InChI is InChI=1S/C20H19ClN4O4S3/c1-3-12-30-20-24-23-19(31-20)22-18(26)13-25(15-6-4-14(21)5-7-15)32(27,28)17-10-8-16(29-2)9-11-17/h3-11H,1,12-13H2,2H3,(H,22,23,26). The monoisotopic (exact) mass is 510 g/mol. The highest BCUT2D eigenvalue weighted by atomic mass is 35.5. The van der Waals surface area contributed by atoms with Crippen molar-refractivity contribution in [3.8, 4) is 5.75 Å². The number of amides is 1. The van der Waals surface area contributed by atoms with Crippen LogP contribution in [0.4, 0.5) is 10.8 Å². The Labute approximate surface area is 199 Å². The van der Waals surface area contributed by atoms with E-state index in [1.807, 2.05) is 0 Å². The number of thioether (sulfide) groups is 1. The maximum atomic E-state index is 13.4. The summed E-state index contributed by atoms with van der Waals surface area (Å²) in [5, 5.41) is 11.2. The lowest BCUT2D eigenvalue weighted by Gasteiger charge is -2.24. The van der Waals surface area contributed by atoms with Crippen molar-refractivity contribution in [2.45, 2.75) is 9.24 Å². The lowest BCUT2D eigenvalue weighted by Crippen LogP contribution is -2.38. The van der Waals surface area contributed by atoms with Crippen LogP contribution in [0, 0.1) is 0 Å². The number of carbonyl (C=O) groups is 1. The molecular weight excluding hydrogens is 492 g/mol. The minimum absolute atomic E-state index is 0.0140. The minimum Gasteiger partial charge on any atom is -0.497 e. The van der Waals surface area contributed by atoms with Crippen molar-refractivity contribution in [1.29, 1.82) is 0 Å². The maximum absolute atomic E-state index is 13.4. The molecule has 0 radical (unpaired) electrons. The number of benzene rings is 2. The highest BCUT2D eigenvalue weighted by Gasteiger charge is 2.27. The largest absolute Gasteiger partial charge is 0.497 e. The molecular formula is C20H19ClN4O4S3. The van der Waals surface area contributed by atoms with Crippen LogP contribution in [-0.4, -0.2) is 43.9 Å². The predicted octanol–water partition coefficient (Wildman–Crippen LogP) is 4.31. The summed E-state index contributed by atoms with van der Waals surface area (Å²) in [7, 11) is -2.57. The number of hydrogen-bond donors (Lipinski definition) is 1. The predicted molar refractivity (Wildman–Crippen MR) is 128 cm³/mol. The van der Waals surface area contributed by atoms with E-state index in [0.717, 1.165) is 4.31 Å². The van der Waals surface area contributed by atoms with E-state index in [2.05, 4.69) is 22.1 Å². The molecule has 2 aromatic carbocycles. The van der Waals surface area contributed by atoms with Crippen molar-refractivity contribution in [2.24, 2.45) is 0 Å². The number of methoxy groups -OCH3 is 1. The second-order valence-electron chi connectivity index (χ2n) is 6.18. The average Bonchev–Trinajstić information content (AvgIpc) is 3.23. The molecule has 0 spiro atoms. The van der Waals surface area contributed by atoms with Crippen LogP contribution in [0.25, 0.3) is 0 Å². The summed E-state index contributed by atoms with van der Waals surface area (Å²) in [6.45, 7) is 3.18. The number of aromatic nitrogens is 2. The van der Waals surface area contributed by atoms with Gasteiger partial charge < -0.3 is 4.74 Å². The van der Waals surface area contributed by atoms with E-state index >= 15 is 0 Å². The lowest BCUT2D eigenvalue weighted by atomic mass is 10.3. The number of sulfonamides is 1. The molecule has 1 aromatic heterocycles. The van der Waals surface area contributed by atoms with E-state index in [1.165, 1.54) is 66.6 Å². The third kappa shape index (κ3) is 6.00. The van der Waals surface area contributed by atoms with Gasteiger partial charge in [-0.1, -0.05) is 40.8 Å². The van der Waals surface area contributed by atoms with Gasteiger partial charge in [0.1, 0.15) is 12.3 Å². The fourth-order valence-corrected chi connectivity index (χ4v) is 5.61. The fraction of sp³-hybridized carbons (Fsp3) is 0.150. The van der Waals surface area contributed by atoms with Gasteiger partial charge in [0, 0.05) is 10.8 Å². The number of ether oxygens (including phenoxy) is 1. The normalized spacial score (nSPS) is 11.1. The van der Waals surface area contributed by atoms with E-state index in [-0.39, 0.29) is 10.0 Å². The third-order valence-electron chi connectivity index (χ3n) is 4.03. The van der Waals surface area contributed by atoms with E-state index < -0.39 is 22.5 Å². The van der Waals surface area contributed by atoms with E-state index in [0.29, 0.717) is 26.6 Å². The molecule has 0 saturated carbocycles. The number of nitrogens with one attached hydrogen (secondary N) is 1. The molecule has 0 aliphatic rings. The first kappa shape index (κ1) is 24.1. The molecule has 0 unspecified atom stereocenters. The highest BCUT2D eigenvalue weighted by molar-refractivity contribution is 8.01. The zero-order valence-corrected chi connectivity index (χ0v) is 20.1. The lowest BCUT2D eigenvalue weighted by molar-refractivity contribution is -0.114. The summed E-state index contributed by atoms with van der Waals surface area (Å²) in [4.78, 5) is 12.7. The molecule has 0 fully saturated rings. The number of rotatable bonds is 10. The van der Waals surface area contributed by atoms with Gasteiger partial charge in [0.05, 0.1) is 17.7 Å². The van der Waals surface area contributed by atoms with Gasteiger partial charge in [-0.3, -0.25) is 14.4 Å². The molecule has 0 aliphatic heterocycles. The van der Waals surface area contributed by atoms with E-state index in [9.17, 15) is 13.2 Å². The Balaban J connectivity index is 1.85. The Bertz CT molecular complexity index is 1180. The highest BCUT2D eigenvalue weighted by Crippen LogP contribution is 2.28. The smallest absolute Gasteiger partial charge is 0.264 e. The second-order valence-corrected chi connectivity index (χ2v) is 10.7. The van der Waals surface area contributed by atoms with Gasteiger partial charge in [0.25, 0.3) is 10.0 Å². The Hall–Kier alpha value is -2.60. The fourth-order valence-electron chi connectivity index (χ4n) is 2.54. The molecule has 0 atom stereocenters. The van der Waals surface area contributed by atoms with Crippen molar-refractivity contribution < 1.29 is 17.9 Å². The maximum Gasteiger partial charge on any atom is 0.264 e. The van der Waals surface area contributed by atoms with Crippen LogP contribution >= 0.6 is 34.7 Å². The zero-order chi connectivity index (χ0) is 23.1. The first-order chi connectivity index (χ1) is 15.3. The molecule has 168 valence electrons. The van der Waals surface area contributed by atoms with Gasteiger partial charge in [0.15, 0.2) is 4.34 Å². The van der Waals surface area contributed by atoms with Gasteiger partial charge in [-0.25, -0.2) is 8.42 Å². The molecule has 0 bridgehead atoms. The summed E-state index contributed by atoms with van der Waals surface area (Å²) in [5.41, 5.74) is 0.292. The summed E-state index contributed by atoms with van der Waals surface area (Å²) in [5.74, 6) is 0.613. The molecule has 3 rings (SSSR count). The number of hydrogen-bond acceptors (Lipinski definition) is 8. The van der Waals surface area contributed by atoms with Crippen molar-refractivity contribution in [2.75, 3.05) is 29.0 Å². The molecule has 12 heteroatoms. The van der Waals surface area contributed by atoms with Gasteiger partial charge in [-0.05, 0) is 48.5 Å². The molecule has 1 N–H and O–H groups in total. The molecule has 8 nitrogen and oxygen atoms in total. The molecule has 3 aromatic rings. The summed E-state index contributed by atoms with van der Waals surface area (Å²) < 4.78 is 33.5. The van der Waals surface area contributed by atoms with Crippen LogP contribution in [0.15, 0.2) is 70.4 Å². The molecule has 1 heterocycles.